The number of rotatable bonds is 2. The Balaban J connectivity index is 2.15. The van der Waals surface area contributed by atoms with Crippen LogP contribution in [0.3, 0.4) is 0 Å². The molecule has 1 atom stereocenters. The highest BCUT2D eigenvalue weighted by Crippen LogP contribution is 2.40. The molecule has 2 heterocycles. The molecule has 5 nitrogen and oxygen atoms in total. The third kappa shape index (κ3) is 1.83. The third-order valence-electron chi connectivity index (χ3n) is 3.40. The molecule has 5 heteroatoms. The molecule has 0 bridgehead atoms. The Bertz CT molecular complexity index is 642. The lowest BCUT2D eigenvalue weighted by atomic mass is 10.1. The van der Waals surface area contributed by atoms with E-state index in [0.29, 0.717) is 5.82 Å². The third-order valence-corrected chi connectivity index (χ3v) is 3.40. The molecular weight excluding hydrogens is 242 g/mol. The van der Waals surface area contributed by atoms with Gasteiger partial charge in [0.2, 0.25) is 5.82 Å². The van der Waals surface area contributed by atoms with Crippen LogP contribution in [0.4, 0.5) is 17.2 Å². The van der Waals surface area contributed by atoms with E-state index in [2.05, 4.69) is 18.0 Å². The maximum atomic E-state index is 11.1. The van der Waals surface area contributed by atoms with Crippen molar-refractivity contribution in [3.05, 3.63) is 58.3 Å². The minimum atomic E-state index is -0.379. The number of nitrogens with zero attached hydrogens (tertiary/aromatic N) is 3. The second-order valence-electron chi connectivity index (χ2n) is 4.66. The Morgan fingerprint density at radius 3 is 2.89 bits per heavy atom. The van der Waals surface area contributed by atoms with Crippen molar-refractivity contribution in [2.75, 3.05) is 4.90 Å². The fourth-order valence-electron chi connectivity index (χ4n) is 2.60. The summed E-state index contributed by atoms with van der Waals surface area (Å²) >= 11 is 0. The summed E-state index contributed by atoms with van der Waals surface area (Å²) < 4.78 is 0. The molecule has 0 amide bonds. The normalized spacial score (nSPS) is 17.3. The minimum absolute atomic E-state index is 0.0473. The highest BCUT2D eigenvalue weighted by molar-refractivity contribution is 5.74. The molecular formula is C14H13N3O2. The number of benzene rings is 1. The molecule has 96 valence electrons. The van der Waals surface area contributed by atoms with Crippen LogP contribution in [-0.4, -0.2) is 15.9 Å². The van der Waals surface area contributed by atoms with Crippen LogP contribution in [0.1, 0.15) is 12.5 Å². The molecule has 0 N–H and O–H groups in total. The summed E-state index contributed by atoms with van der Waals surface area (Å²) in [6, 6.07) is 11.2. The van der Waals surface area contributed by atoms with Crippen molar-refractivity contribution in [2.45, 2.75) is 19.4 Å². The smallest absolute Gasteiger partial charge is 0.311 e. The zero-order chi connectivity index (χ0) is 13.4. The summed E-state index contributed by atoms with van der Waals surface area (Å²) in [5.41, 5.74) is 2.26. The molecule has 0 saturated carbocycles. The summed E-state index contributed by atoms with van der Waals surface area (Å²) in [6.07, 6.45) is 2.47. The van der Waals surface area contributed by atoms with Gasteiger partial charge in [0.15, 0.2) is 0 Å². The number of hydrogen-bond donors (Lipinski definition) is 0. The average Bonchev–Trinajstić information content (AvgIpc) is 2.74. The van der Waals surface area contributed by atoms with Crippen LogP contribution in [0.25, 0.3) is 0 Å². The summed E-state index contributed by atoms with van der Waals surface area (Å²) in [7, 11) is 0. The van der Waals surface area contributed by atoms with Gasteiger partial charge in [-0.25, -0.2) is 4.98 Å². The lowest BCUT2D eigenvalue weighted by Crippen LogP contribution is -2.25. The van der Waals surface area contributed by atoms with E-state index in [1.807, 2.05) is 23.1 Å². The first-order valence-corrected chi connectivity index (χ1v) is 6.15. The molecule has 0 aliphatic carbocycles. The molecule has 0 fully saturated rings. The molecule has 1 aromatic carbocycles. The number of pyridine rings is 1. The fraction of sp³-hybridized carbons (Fsp3) is 0.214. The van der Waals surface area contributed by atoms with Crippen LogP contribution in [0.15, 0.2) is 42.6 Å². The van der Waals surface area contributed by atoms with Crippen LogP contribution < -0.4 is 4.90 Å². The largest absolute Gasteiger partial charge is 0.317 e. The first kappa shape index (κ1) is 11.6. The van der Waals surface area contributed by atoms with Crippen LogP contribution in [0, 0.1) is 10.1 Å². The van der Waals surface area contributed by atoms with Crippen molar-refractivity contribution in [3.8, 4) is 0 Å². The van der Waals surface area contributed by atoms with Crippen molar-refractivity contribution in [1.29, 1.82) is 0 Å². The standard InChI is InChI=1S/C14H13N3O2/c1-10-9-11-5-2-3-6-12(11)16(10)14-13(17(18)19)7-4-8-15-14/h2-8,10H,9H2,1H3. The van der Waals surface area contributed by atoms with Gasteiger partial charge in [0.1, 0.15) is 0 Å². The number of hydrogen-bond acceptors (Lipinski definition) is 4. The predicted octanol–water partition coefficient (Wildman–Crippen LogP) is 3.07. The van der Waals surface area contributed by atoms with E-state index in [1.54, 1.807) is 12.3 Å². The van der Waals surface area contributed by atoms with Gasteiger partial charge in [-0.3, -0.25) is 10.1 Å². The van der Waals surface area contributed by atoms with Gasteiger partial charge in [0.05, 0.1) is 4.92 Å². The Labute approximate surface area is 110 Å². The van der Waals surface area contributed by atoms with E-state index < -0.39 is 0 Å². The van der Waals surface area contributed by atoms with Gasteiger partial charge < -0.3 is 4.90 Å². The first-order chi connectivity index (χ1) is 9.18. The molecule has 2 aromatic rings. The van der Waals surface area contributed by atoms with Crippen molar-refractivity contribution >= 4 is 17.2 Å². The maximum absolute atomic E-state index is 11.1. The van der Waals surface area contributed by atoms with Gasteiger partial charge in [0, 0.05) is 24.0 Å². The summed E-state index contributed by atoms with van der Waals surface area (Å²) in [6.45, 7) is 2.05. The molecule has 1 aliphatic rings. The molecule has 1 unspecified atom stereocenters. The second kappa shape index (κ2) is 4.35. The second-order valence-corrected chi connectivity index (χ2v) is 4.66. The van der Waals surface area contributed by atoms with Gasteiger partial charge in [-0.1, -0.05) is 18.2 Å². The topological polar surface area (TPSA) is 59.3 Å². The predicted molar refractivity (Wildman–Crippen MR) is 72.6 cm³/mol. The van der Waals surface area contributed by atoms with Crippen LogP contribution in [0.2, 0.25) is 0 Å². The number of anilines is 2. The zero-order valence-corrected chi connectivity index (χ0v) is 10.5. The van der Waals surface area contributed by atoms with Crippen molar-refractivity contribution in [3.63, 3.8) is 0 Å². The Kier molecular flexibility index (Phi) is 2.67. The summed E-state index contributed by atoms with van der Waals surface area (Å²) in [5, 5.41) is 11.1. The first-order valence-electron chi connectivity index (χ1n) is 6.15. The van der Waals surface area contributed by atoms with E-state index in [1.165, 1.54) is 11.6 Å². The van der Waals surface area contributed by atoms with Gasteiger partial charge in [-0.05, 0) is 31.0 Å². The van der Waals surface area contributed by atoms with Crippen LogP contribution in [-0.2, 0) is 6.42 Å². The average molecular weight is 255 g/mol. The molecule has 3 rings (SSSR count). The van der Waals surface area contributed by atoms with E-state index in [-0.39, 0.29) is 16.7 Å². The molecule has 1 aromatic heterocycles. The molecule has 0 spiro atoms. The highest BCUT2D eigenvalue weighted by Gasteiger charge is 2.32. The lowest BCUT2D eigenvalue weighted by molar-refractivity contribution is -0.384. The molecule has 0 radical (unpaired) electrons. The minimum Gasteiger partial charge on any atom is -0.317 e. The van der Waals surface area contributed by atoms with Gasteiger partial charge in [-0.2, -0.15) is 0 Å². The van der Waals surface area contributed by atoms with Crippen molar-refractivity contribution in [2.24, 2.45) is 0 Å². The van der Waals surface area contributed by atoms with Gasteiger partial charge in [-0.15, -0.1) is 0 Å². The molecule has 19 heavy (non-hydrogen) atoms. The fourth-order valence-corrected chi connectivity index (χ4v) is 2.60. The Hall–Kier alpha value is -2.43. The SMILES string of the molecule is CC1Cc2ccccc2N1c1ncccc1[N+](=O)[O-]. The van der Waals surface area contributed by atoms with E-state index in [0.717, 1.165) is 12.1 Å². The highest BCUT2D eigenvalue weighted by atomic mass is 16.6. The van der Waals surface area contributed by atoms with Crippen LogP contribution in [0.5, 0.6) is 0 Å². The van der Waals surface area contributed by atoms with E-state index in [9.17, 15) is 10.1 Å². The summed E-state index contributed by atoms with van der Waals surface area (Å²) in [5.74, 6) is 0.421. The monoisotopic (exact) mass is 255 g/mol. The van der Waals surface area contributed by atoms with Crippen molar-refractivity contribution < 1.29 is 4.92 Å². The Morgan fingerprint density at radius 1 is 1.32 bits per heavy atom. The number of fused-ring (bicyclic) bond motifs is 1. The number of para-hydroxylation sites is 1. The zero-order valence-electron chi connectivity index (χ0n) is 10.5. The summed E-state index contributed by atoms with van der Waals surface area (Å²) in [4.78, 5) is 16.9. The molecule has 0 saturated heterocycles. The number of nitro groups is 1. The van der Waals surface area contributed by atoms with Gasteiger partial charge >= 0.3 is 5.69 Å². The van der Waals surface area contributed by atoms with Crippen molar-refractivity contribution in [1.82, 2.24) is 4.98 Å². The lowest BCUT2D eigenvalue weighted by Gasteiger charge is -2.23. The van der Waals surface area contributed by atoms with Crippen LogP contribution >= 0.6 is 0 Å². The maximum Gasteiger partial charge on any atom is 0.311 e. The Morgan fingerprint density at radius 2 is 2.11 bits per heavy atom. The van der Waals surface area contributed by atoms with E-state index in [4.69, 9.17) is 0 Å². The molecule has 1 aliphatic heterocycles. The van der Waals surface area contributed by atoms with E-state index >= 15 is 0 Å². The quantitative estimate of drug-likeness (QED) is 0.611. The van der Waals surface area contributed by atoms with Gasteiger partial charge in [0.25, 0.3) is 0 Å². The number of aromatic nitrogens is 1.